The fourth-order valence-corrected chi connectivity index (χ4v) is 8.23. The molecule has 0 aromatic heterocycles. The first kappa shape index (κ1) is 24.6. The van der Waals surface area contributed by atoms with Gasteiger partial charge >= 0.3 is 5.97 Å². The van der Waals surface area contributed by atoms with E-state index in [1.54, 1.807) is 0 Å². The monoisotopic (exact) mass is 481 g/mol. The third-order valence-corrected chi connectivity index (χ3v) is 10.4. The first-order valence-electron chi connectivity index (χ1n) is 12.9. The number of hydrogen-bond acceptors (Lipinski definition) is 2. The summed E-state index contributed by atoms with van der Waals surface area (Å²) in [5.41, 5.74) is 4.67. The summed E-state index contributed by atoms with van der Waals surface area (Å²) in [5, 5.41) is 9.97. The molecule has 33 heavy (non-hydrogen) atoms. The molecule has 2 aromatic rings. The summed E-state index contributed by atoms with van der Waals surface area (Å²) in [6.07, 6.45) is 15.8. The van der Waals surface area contributed by atoms with Crippen LogP contribution in [0.15, 0.2) is 42.5 Å². The minimum Gasteiger partial charge on any atom is -0.478 e. The zero-order valence-corrected chi connectivity index (χ0v) is 21.8. The van der Waals surface area contributed by atoms with Crippen LogP contribution in [0.25, 0.3) is 11.1 Å². The van der Waals surface area contributed by atoms with Gasteiger partial charge in [0.1, 0.15) is 0 Å². The number of aromatic carboxylic acids is 1. The van der Waals surface area contributed by atoms with Crippen molar-refractivity contribution in [2.75, 3.05) is 0 Å². The molecule has 0 radical (unpaired) electrons. The van der Waals surface area contributed by atoms with E-state index in [0.717, 1.165) is 28.5 Å². The number of aryl methyl sites for hydroxylation is 1. The van der Waals surface area contributed by atoms with Gasteiger partial charge in [-0.2, -0.15) is 0 Å². The van der Waals surface area contributed by atoms with Gasteiger partial charge in [-0.15, -0.1) is 0 Å². The van der Waals surface area contributed by atoms with Gasteiger partial charge in [0.25, 0.3) is 0 Å². The first-order valence-corrected chi connectivity index (χ1v) is 15.0. The average molecular weight is 482 g/mol. The summed E-state index contributed by atoms with van der Waals surface area (Å²) in [5.74, 6) is 0.642. The van der Waals surface area contributed by atoms with Crippen molar-refractivity contribution in [3.8, 4) is 11.1 Å². The Morgan fingerprint density at radius 2 is 1.48 bits per heavy atom. The van der Waals surface area contributed by atoms with Crippen molar-refractivity contribution in [1.29, 1.82) is 0 Å². The Morgan fingerprint density at radius 3 is 2.00 bits per heavy atom. The van der Waals surface area contributed by atoms with Gasteiger partial charge in [0.15, 0.2) is 24.3 Å². The van der Waals surface area contributed by atoms with Gasteiger partial charge in [-0.1, -0.05) is 94.5 Å². The third kappa shape index (κ3) is 5.75. The molecule has 2 aliphatic rings. The van der Waals surface area contributed by atoms with Crippen LogP contribution in [0.3, 0.4) is 0 Å². The molecule has 0 heterocycles. The highest BCUT2D eigenvalue weighted by atomic mass is 32.4. The fraction of sp³-hybridized carbons (Fsp3) is 0.552. The van der Waals surface area contributed by atoms with E-state index in [-0.39, 0.29) is 5.16 Å². The summed E-state index contributed by atoms with van der Waals surface area (Å²) in [7, 11) is 0.424. The van der Waals surface area contributed by atoms with E-state index < -0.39 is 5.97 Å². The molecule has 1 unspecified atom stereocenters. The van der Waals surface area contributed by atoms with Gasteiger partial charge in [0, 0.05) is 18.4 Å². The van der Waals surface area contributed by atoms with Crippen LogP contribution in [0.1, 0.15) is 98.5 Å². The summed E-state index contributed by atoms with van der Waals surface area (Å²) in [6, 6.07) is 14.3. The number of benzene rings is 2. The Kier molecular flexibility index (Phi) is 8.36. The standard InChI is InChI=1S/C29H37O2PS/c1-21-10-8-9-15-25(21)27-18-24(16-17-26(27)28(30)31)29(32-33,19-22-11-4-2-5-12-22)20-23-13-6-3-7-14-23/h8-10,15-18,22-23H,2-7,11-14,19-20H2,1H3,(H,30,31)/p+1. The average Bonchev–Trinajstić information content (AvgIpc) is 2.85. The molecule has 176 valence electrons. The predicted octanol–water partition coefficient (Wildman–Crippen LogP) is 8.64. The largest absolute Gasteiger partial charge is 0.478 e. The van der Waals surface area contributed by atoms with Gasteiger partial charge in [0.05, 0.1) is 5.56 Å². The summed E-state index contributed by atoms with van der Waals surface area (Å²) >= 11 is 5.99. The third-order valence-electron chi connectivity index (χ3n) is 8.16. The lowest BCUT2D eigenvalue weighted by Gasteiger charge is -2.34. The van der Waals surface area contributed by atoms with E-state index in [4.69, 9.17) is 11.8 Å². The molecular formula is C29H38O2PS+. The van der Waals surface area contributed by atoms with Crippen LogP contribution in [-0.4, -0.2) is 11.1 Å². The number of hydrogen-bond donors (Lipinski definition) is 1. The molecule has 0 bridgehead atoms. The van der Waals surface area contributed by atoms with Gasteiger partial charge in [-0.3, -0.25) is 0 Å². The van der Waals surface area contributed by atoms with Crippen molar-refractivity contribution in [3.63, 3.8) is 0 Å². The lowest BCUT2D eigenvalue weighted by molar-refractivity contribution is 0.0697. The van der Waals surface area contributed by atoms with Crippen molar-refractivity contribution in [2.45, 2.75) is 89.1 Å². The molecular weight excluding hydrogens is 443 g/mol. The molecule has 2 aliphatic carbocycles. The van der Waals surface area contributed by atoms with Gasteiger partial charge in [0.2, 0.25) is 0 Å². The Balaban J connectivity index is 1.79. The molecule has 0 aliphatic heterocycles. The zero-order valence-electron chi connectivity index (χ0n) is 19.9. The fourth-order valence-electron chi connectivity index (χ4n) is 6.36. The van der Waals surface area contributed by atoms with Crippen LogP contribution in [-0.2, 0) is 17.0 Å². The molecule has 2 aromatic carbocycles. The number of rotatable bonds is 8. The normalized spacial score (nSPS) is 18.5. The van der Waals surface area contributed by atoms with Crippen molar-refractivity contribution in [1.82, 2.24) is 0 Å². The maximum atomic E-state index is 12.2. The minimum atomic E-state index is -0.856. The molecule has 1 N–H and O–H groups in total. The van der Waals surface area contributed by atoms with E-state index >= 15 is 0 Å². The number of carbonyl (C=O) groups is 1. The first-order chi connectivity index (χ1) is 16.0. The van der Waals surface area contributed by atoms with Crippen LogP contribution in [0.2, 0.25) is 0 Å². The highest BCUT2D eigenvalue weighted by Crippen LogP contribution is 2.51. The Labute approximate surface area is 206 Å². The van der Waals surface area contributed by atoms with Crippen LogP contribution >= 0.6 is 7.36 Å². The molecule has 0 spiro atoms. The van der Waals surface area contributed by atoms with Crippen molar-refractivity contribution in [2.24, 2.45) is 11.8 Å². The highest BCUT2D eigenvalue weighted by molar-refractivity contribution is 7.96. The summed E-state index contributed by atoms with van der Waals surface area (Å²) < 4.78 is 0. The Morgan fingerprint density at radius 1 is 0.909 bits per heavy atom. The highest BCUT2D eigenvalue weighted by Gasteiger charge is 2.43. The second-order valence-electron chi connectivity index (χ2n) is 10.5. The molecule has 2 nitrogen and oxygen atoms in total. The molecule has 0 saturated heterocycles. The Hall–Kier alpha value is -1.57. The predicted molar refractivity (Wildman–Crippen MR) is 143 cm³/mol. The summed E-state index contributed by atoms with van der Waals surface area (Å²) in [4.78, 5) is 12.2. The lowest BCUT2D eigenvalue weighted by atomic mass is 9.73. The van der Waals surface area contributed by atoms with Gasteiger partial charge < -0.3 is 5.11 Å². The SMILES string of the molecule is Cc1ccccc1-c1cc(C(CC2CCCCC2)(CC2CCCCC2)[PH+]=S)ccc1C(=O)O. The van der Waals surface area contributed by atoms with E-state index in [2.05, 4.69) is 31.2 Å². The number of carboxylic acids is 1. The van der Waals surface area contributed by atoms with E-state index in [1.807, 2.05) is 18.2 Å². The second-order valence-corrected chi connectivity index (χ2v) is 12.3. The van der Waals surface area contributed by atoms with Crippen molar-refractivity contribution < 1.29 is 9.90 Å². The Bertz CT molecular complexity index is 953. The maximum Gasteiger partial charge on any atom is 0.336 e. The van der Waals surface area contributed by atoms with Crippen LogP contribution in [0, 0.1) is 18.8 Å². The molecule has 0 amide bonds. The van der Waals surface area contributed by atoms with E-state index in [1.165, 1.54) is 82.6 Å². The minimum absolute atomic E-state index is 0.00614. The van der Waals surface area contributed by atoms with Crippen LogP contribution in [0.4, 0.5) is 0 Å². The topological polar surface area (TPSA) is 37.3 Å². The molecule has 2 fully saturated rings. The van der Waals surface area contributed by atoms with E-state index in [9.17, 15) is 9.90 Å². The van der Waals surface area contributed by atoms with Crippen LogP contribution in [0.5, 0.6) is 0 Å². The smallest absolute Gasteiger partial charge is 0.336 e. The number of carboxylic acid groups (broad SMARTS) is 1. The van der Waals surface area contributed by atoms with Crippen LogP contribution < -0.4 is 0 Å². The quantitative estimate of drug-likeness (QED) is 0.383. The van der Waals surface area contributed by atoms with E-state index in [0.29, 0.717) is 12.9 Å². The maximum absolute atomic E-state index is 12.2. The van der Waals surface area contributed by atoms with Crippen molar-refractivity contribution in [3.05, 3.63) is 59.2 Å². The molecule has 2 saturated carbocycles. The van der Waals surface area contributed by atoms with Gasteiger partial charge in [-0.25, -0.2) is 4.79 Å². The molecule has 4 rings (SSSR count). The lowest BCUT2D eigenvalue weighted by Crippen LogP contribution is -2.28. The van der Waals surface area contributed by atoms with Crippen molar-refractivity contribution >= 4 is 25.1 Å². The molecule has 4 heteroatoms. The second kappa shape index (κ2) is 11.2. The zero-order chi connectivity index (χ0) is 23.3. The molecule has 1 atom stereocenters. The summed E-state index contributed by atoms with van der Waals surface area (Å²) in [6.45, 7) is 2.07. The van der Waals surface area contributed by atoms with Gasteiger partial charge in [-0.05, 0) is 47.6 Å².